The lowest BCUT2D eigenvalue weighted by atomic mass is 9.92. The van der Waals surface area contributed by atoms with Gasteiger partial charge < -0.3 is 13.8 Å². The molecule has 0 aromatic rings. The summed E-state index contributed by atoms with van der Waals surface area (Å²) in [5, 5.41) is 8.85. The van der Waals surface area contributed by atoms with Crippen LogP contribution in [0.5, 0.6) is 0 Å². The summed E-state index contributed by atoms with van der Waals surface area (Å²) in [6, 6.07) is 2.17. The molecule has 0 radical (unpaired) electrons. The van der Waals surface area contributed by atoms with Crippen molar-refractivity contribution in [3.05, 3.63) is 0 Å². The molecule has 1 heterocycles. The second-order valence-electron chi connectivity index (χ2n) is 7.46. The lowest BCUT2D eigenvalue weighted by molar-refractivity contribution is -0.0935. The number of rotatable bonds is 11. The van der Waals surface area contributed by atoms with E-state index in [0.717, 1.165) is 38.8 Å². The fraction of sp³-hybridized carbons (Fsp3) is 0.947. The van der Waals surface area contributed by atoms with Gasteiger partial charge in [-0.3, -0.25) is 0 Å². The Hall–Kier alpha value is -0.240. The van der Waals surface area contributed by atoms with Crippen LogP contribution in [0.3, 0.4) is 0 Å². The Morgan fingerprint density at radius 3 is 2.44 bits per heavy atom. The van der Waals surface area contributed by atoms with E-state index in [0.29, 0.717) is 24.9 Å². The van der Waals surface area contributed by atoms with E-state index in [1.54, 1.807) is 0 Å². The van der Waals surface area contributed by atoms with E-state index in [9.17, 15) is 0 Å². The molecule has 144 valence electrons. The smallest absolute Gasteiger partial charge is 0.259 e. The first-order valence-electron chi connectivity index (χ1n) is 9.92. The normalized spacial score (nSPS) is 35.2. The molecule has 0 amide bonds. The summed E-state index contributed by atoms with van der Waals surface area (Å²) in [6.07, 6.45) is 4.95. The number of ether oxygens (including phenoxy) is 1. The predicted molar refractivity (Wildman–Crippen MR) is 101 cm³/mol. The fourth-order valence-electron chi connectivity index (χ4n) is 4.55. The molecule has 2 rings (SSSR count). The van der Waals surface area contributed by atoms with Crippen LogP contribution in [0.4, 0.5) is 0 Å². The van der Waals surface area contributed by atoms with Crippen LogP contribution in [0.15, 0.2) is 0 Å². The van der Waals surface area contributed by atoms with Crippen LogP contribution in [0.25, 0.3) is 0 Å². The maximum Gasteiger partial charge on any atom is 0.259 e. The Bertz CT molecular complexity index is 438. The number of fused-ring (bicyclic) bond motifs is 2. The molecule has 0 aromatic carbocycles. The van der Waals surface area contributed by atoms with E-state index < -0.39 is 8.53 Å². The van der Waals surface area contributed by atoms with Gasteiger partial charge in [-0.1, -0.05) is 27.7 Å². The third-order valence-corrected chi connectivity index (χ3v) is 7.24. The zero-order valence-corrected chi connectivity index (χ0v) is 17.4. The Kier molecular flexibility index (Phi) is 8.11. The molecule has 6 atom stereocenters. The Balaban J connectivity index is 2.15. The Morgan fingerprint density at radius 1 is 1.24 bits per heavy atom. The fourth-order valence-corrected chi connectivity index (χ4v) is 6.41. The molecule has 25 heavy (non-hydrogen) atoms. The first-order valence-corrected chi connectivity index (χ1v) is 11.0. The topological polar surface area (TPSA) is 54.7 Å². The third-order valence-electron chi connectivity index (χ3n) is 5.57. The molecular formula is C19H35N2O3P. The van der Waals surface area contributed by atoms with Gasteiger partial charge in [0.1, 0.15) is 6.10 Å². The molecule has 2 unspecified atom stereocenters. The second-order valence-corrected chi connectivity index (χ2v) is 8.97. The molecule has 0 spiro atoms. The van der Waals surface area contributed by atoms with Crippen molar-refractivity contribution in [1.29, 1.82) is 5.26 Å². The van der Waals surface area contributed by atoms with Crippen LogP contribution < -0.4 is 0 Å². The maximum atomic E-state index is 8.85. The minimum absolute atomic E-state index is 0.104. The SMILES string of the molecule is CCCN(CCC)P(OCCC#N)O[C@H]1[C@@H]2C(C)C[C@]1(CC)O[C@H]2C. The van der Waals surface area contributed by atoms with Crippen molar-refractivity contribution < 1.29 is 13.8 Å². The number of nitriles is 1. The summed E-state index contributed by atoms with van der Waals surface area (Å²) in [4.78, 5) is 0. The van der Waals surface area contributed by atoms with Crippen LogP contribution in [0, 0.1) is 23.2 Å². The van der Waals surface area contributed by atoms with Crippen molar-refractivity contribution in [2.45, 2.75) is 84.5 Å². The quantitative estimate of drug-likeness (QED) is 0.383. The van der Waals surface area contributed by atoms with E-state index in [2.05, 4.69) is 45.4 Å². The van der Waals surface area contributed by atoms with Crippen LogP contribution in [0.2, 0.25) is 0 Å². The second kappa shape index (κ2) is 9.62. The summed E-state index contributed by atoms with van der Waals surface area (Å²) in [7, 11) is -1.15. The minimum atomic E-state index is -1.15. The lowest BCUT2D eigenvalue weighted by Gasteiger charge is -2.35. The monoisotopic (exact) mass is 370 g/mol. The standard InChI is InChI=1S/C19H35N2O3P/c1-6-11-21(12-7-2)25(22-13-9-10-20)24-18-17-15(4)14-19(18,8-3)23-16(17)5/h15-18H,6-9,11-14H2,1-5H3/t15?,16-,17+,18-,19-,25?/m0/s1. The van der Waals surface area contributed by atoms with E-state index >= 15 is 0 Å². The molecule has 2 fully saturated rings. The summed E-state index contributed by atoms with van der Waals surface area (Å²) < 4.78 is 21.5. The van der Waals surface area contributed by atoms with Gasteiger partial charge in [0.05, 0.1) is 30.8 Å². The zero-order chi connectivity index (χ0) is 18.4. The van der Waals surface area contributed by atoms with Gasteiger partial charge in [-0.2, -0.15) is 5.26 Å². The summed E-state index contributed by atoms with van der Waals surface area (Å²) >= 11 is 0. The van der Waals surface area contributed by atoms with Gasteiger partial charge in [0.25, 0.3) is 8.53 Å². The van der Waals surface area contributed by atoms with E-state index in [-0.39, 0.29) is 17.8 Å². The van der Waals surface area contributed by atoms with E-state index in [1.165, 1.54) is 0 Å². The first-order chi connectivity index (χ1) is 12.0. The van der Waals surface area contributed by atoms with Gasteiger partial charge in [-0.25, -0.2) is 4.67 Å². The Labute approximate surface area is 155 Å². The average molecular weight is 370 g/mol. The summed E-state index contributed by atoms with van der Waals surface area (Å²) in [5.74, 6) is 1.06. The molecule has 0 aromatic heterocycles. The first kappa shape index (κ1) is 21.1. The molecule has 5 nitrogen and oxygen atoms in total. The van der Waals surface area contributed by atoms with E-state index in [1.807, 2.05) is 0 Å². The Morgan fingerprint density at radius 2 is 1.92 bits per heavy atom. The molecule has 1 saturated carbocycles. The molecule has 2 aliphatic rings. The van der Waals surface area contributed by atoms with Crippen LogP contribution in [0.1, 0.15) is 66.7 Å². The van der Waals surface area contributed by atoms with Crippen LogP contribution in [-0.4, -0.2) is 42.2 Å². The van der Waals surface area contributed by atoms with Gasteiger partial charge in [0.15, 0.2) is 0 Å². The molecule has 1 saturated heterocycles. The molecular weight excluding hydrogens is 335 g/mol. The zero-order valence-electron chi connectivity index (χ0n) is 16.5. The molecule has 0 N–H and O–H groups in total. The molecule has 6 heteroatoms. The number of nitrogens with zero attached hydrogens (tertiary/aromatic N) is 2. The van der Waals surface area contributed by atoms with Crippen molar-refractivity contribution >= 4 is 8.53 Å². The highest BCUT2D eigenvalue weighted by Crippen LogP contribution is 2.59. The number of hydrogen-bond acceptors (Lipinski definition) is 5. The van der Waals surface area contributed by atoms with Gasteiger partial charge in [-0.15, -0.1) is 0 Å². The minimum Gasteiger partial charge on any atom is -0.369 e. The van der Waals surface area contributed by atoms with Gasteiger partial charge >= 0.3 is 0 Å². The van der Waals surface area contributed by atoms with Crippen molar-refractivity contribution in [1.82, 2.24) is 4.67 Å². The maximum absolute atomic E-state index is 8.85. The van der Waals surface area contributed by atoms with Crippen molar-refractivity contribution in [3.63, 3.8) is 0 Å². The highest BCUT2D eigenvalue weighted by molar-refractivity contribution is 7.44. The van der Waals surface area contributed by atoms with Crippen molar-refractivity contribution in [2.24, 2.45) is 11.8 Å². The summed E-state index contributed by atoms with van der Waals surface area (Å²) in [5.41, 5.74) is -0.160. The molecule has 2 bridgehead atoms. The van der Waals surface area contributed by atoms with Gasteiger partial charge in [0, 0.05) is 19.0 Å². The largest absolute Gasteiger partial charge is 0.369 e. The van der Waals surface area contributed by atoms with E-state index in [4.69, 9.17) is 19.0 Å². The van der Waals surface area contributed by atoms with Crippen molar-refractivity contribution in [3.8, 4) is 6.07 Å². The predicted octanol–water partition coefficient (Wildman–Crippen LogP) is 4.87. The van der Waals surface area contributed by atoms with Crippen LogP contribution in [-0.2, 0) is 13.8 Å². The van der Waals surface area contributed by atoms with Crippen molar-refractivity contribution in [2.75, 3.05) is 19.7 Å². The highest BCUT2D eigenvalue weighted by Gasteiger charge is 2.62. The molecule has 1 aliphatic carbocycles. The number of hydrogen-bond donors (Lipinski definition) is 0. The molecule has 1 aliphatic heterocycles. The summed E-state index contributed by atoms with van der Waals surface area (Å²) in [6.45, 7) is 13.5. The average Bonchev–Trinajstić information content (AvgIpc) is 3.00. The van der Waals surface area contributed by atoms with Gasteiger partial charge in [-0.05, 0) is 38.5 Å². The highest BCUT2D eigenvalue weighted by atomic mass is 31.2. The van der Waals surface area contributed by atoms with Gasteiger partial charge in [0.2, 0.25) is 0 Å². The third kappa shape index (κ3) is 4.54. The lowest BCUT2D eigenvalue weighted by Crippen LogP contribution is -2.38. The van der Waals surface area contributed by atoms with Crippen LogP contribution >= 0.6 is 8.53 Å².